The lowest BCUT2D eigenvalue weighted by atomic mass is 10.1. The Kier molecular flexibility index (Phi) is 4.98. The van der Waals surface area contributed by atoms with Crippen LogP contribution in [0.3, 0.4) is 0 Å². The maximum atomic E-state index is 13.9. The lowest BCUT2D eigenvalue weighted by Crippen LogP contribution is -2.35. The monoisotopic (exact) mass is 344 g/mol. The van der Waals surface area contributed by atoms with Gasteiger partial charge in [0.25, 0.3) is 0 Å². The molecule has 128 valence electrons. The minimum atomic E-state index is -3.99. The van der Waals surface area contributed by atoms with Gasteiger partial charge in [0.15, 0.2) is 11.6 Å². The van der Waals surface area contributed by atoms with Crippen LogP contribution in [0.5, 0.6) is 0 Å². The van der Waals surface area contributed by atoms with Gasteiger partial charge in [0.2, 0.25) is 10.0 Å². The van der Waals surface area contributed by atoms with Crippen LogP contribution in [0.4, 0.5) is 8.78 Å². The maximum absolute atomic E-state index is 13.9. The molecule has 1 aromatic rings. The number of sulfonamides is 1. The SMILES string of the molecule is O=S(=O)(c1cccc(F)c1F)N1CCCC(N2CCCC2)CC1. The van der Waals surface area contributed by atoms with Gasteiger partial charge in [0.1, 0.15) is 4.90 Å². The Morgan fingerprint density at radius 1 is 0.957 bits per heavy atom. The zero-order valence-electron chi connectivity index (χ0n) is 13.0. The molecule has 1 atom stereocenters. The molecule has 23 heavy (non-hydrogen) atoms. The third-order valence-corrected chi connectivity index (χ3v) is 6.76. The van der Waals surface area contributed by atoms with E-state index in [4.69, 9.17) is 0 Å². The number of nitrogens with zero attached hydrogens (tertiary/aromatic N) is 2. The first-order valence-electron chi connectivity index (χ1n) is 8.18. The smallest absolute Gasteiger partial charge is 0.246 e. The zero-order valence-corrected chi connectivity index (χ0v) is 13.9. The average Bonchev–Trinajstić information content (AvgIpc) is 2.94. The summed E-state index contributed by atoms with van der Waals surface area (Å²) in [5.74, 6) is -2.41. The van der Waals surface area contributed by atoms with Crippen LogP contribution in [0.25, 0.3) is 0 Å². The Morgan fingerprint density at radius 2 is 1.70 bits per heavy atom. The summed E-state index contributed by atoms with van der Waals surface area (Å²) < 4.78 is 53.8. The van der Waals surface area contributed by atoms with Crippen molar-refractivity contribution in [2.75, 3.05) is 26.2 Å². The van der Waals surface area contributed by atoms with Gasteiger partial charge in [-0.15, -0.1) is 0 Å². The Labute approximate surface area is 136 Å². The predicted octanol–water partition coefficient (Wildman–Crippen LogP) is 2.60. The van der Waals surface area contributed by atoms with Crippen LogP contribution in [0.1, 0.15) is 32.1 Å². The summed E-state index contributed by atoms with van der Waals surface area (Å²) in [6, 6.07) is 3.70. The standard InChI is InChI=1S/C16H22F2N2O2S/c17-14-6-3-7-15(16(14)18)23(21,22)20-11-4-5-13(8-12-20)19-9-1-2-10-19/h3,6-7,13H,1-2,4-5,8-12H2. The molecule has 7 heteroatoms. The van der Waals surface area contributed by atoms with Crippen LogP contribution in [0, 0.1) is 11.6 Å². The van der Waals surface area contributed by atoms with E-state index in [-0.39, 0.29) is 0 Å². The summed E-state index contributed by atoms with van der Waals surface area (Å²) in [6.07, 6.45) is 4.85. The first-order valence-corrected chi connectivity index (χ1v) is 9.62. The molecule has 2 heterocycles. The number of rotatable bonds is 3. The van der Waals surface area contributed by atoms with Crippen LogP contribution in [0.2, 0.25) is 0 Å². The van der Waals surface area contributed by atoms with Crippen molar-refractivity contribution in [1.29, 1.82) is 0 Å². The fraction of sp³-hybridized carbons (Fsp3) is 0.625. The van der Waals surface area contributed by atoms with Gasteiger partial charge >= 0.3 is 0 Å². The highest BCUT2D eigenvalue weighted by Gasteiger charge is 2.32. The molecule has 0 bridgehead atoms. The summed E-state index contributed by atoms with van der Waals surface area (Å²) in [5, 5.41) is 0. The quantitative estimate of drug-likeness (QED) is 0.846. The topological polar surface area (TPSA) is 40.6 Å². The first-order chi connectivity index (χ1) is 11.0. The van der Waals surface area contributed by atoms with Crippen molar-refractivity contribution in [2.24, 2.45) is 0 Å². The predicted molar refractivity (Wildman–Crippen MR) is 83.6 cm³/mol. The molecule has 2 saturated heterocycles. The molecule has 0 amide bonds. The molecular formula is C16H22F2N2O2S. The molecule has 1 aromatic carbocycles. The summed E-state index contributed by atoms with van der Waals surface area (Å²) in [6.45, 7) is 2.88. The van der Waals surface area contributed by atoms with E-state index >= 15 is 0 Å². The van der Waals surface area contributed by atoms with E-state index in [1.165, 1.54) is 23.2 Å². The normalized spacial score (nSPS) is 24.7. The maximum Gasteiger partial charge on any atom is 0.246 e. The Morgan fingerprint density at radius 3 is 2.43 bits per heavy atom. The van der Waals surface area contributed by atoms with Crippen molar-refractivity contribution < 1.29 is 17.2 Å². The number of hydrogen-bond donors (Lipinski definition) is 0. The molecule has 3 rings (SSSR count). The summed E-state index contributed by atoms with van der Waals surface area (Å²) in [5.41, 5.74) is 0. The number of benzene rings is 1. The molecule has 1 unspecified atom stereocenters. The Balaban J connectivity index is 1.77. The van der Waals surface area contributed by atoms with Gasteiger partial charge in [0.05, 0.1) is 0 Å². The van der Waals surface area contributed by atoms with Crippen molar-refractivity contribution >= 4 is 10.0 Å². The van der Waals surface area contributed by atoms with E-state index in [2.05, 4.69) is 4.90 Å². The van der Waals surface area contributed by atoms with Crippen molar-refractivity contribution in [1.82, 2.24) is 9.21 Å². The van der Waals surface area contributed by atoms with E-state index < -0.39 is 26.6 Å². The van der Waals surface area contributed by atoms with Crippen LogP contribution >= 0.6 is 0 Å². The average molecular weight is 344 g/mol. The number of hydrogen-bond acceptors (Lipinski definition) is 3. The molecule has 2 aliphatic heterocycles. The molecule has 0 radical (unpaired) electrons. The van der Waals surface area contributed by atoms with Gasteiger partial charge in [-0.3, -0.25) is 0 Å². The minimum absolute atomic E-state index is 0.361. The van der Waals surface area contributed by atoms with Gasteiger partial charge in [-0.2, -0.15) is 4.31 Å². The van der Waals surface area contributed by atoms with Gasteiger partial charge < -0.3 is 4.90 Å². The van der Waals surface area contributed by atoms with Crippen LogP contribution in [0.15, 0.2) is 23.1 Å². The van der Waals surface area contributed by atoms with E-state index in [0.717, 1.165) is 44.5 Å². The highest BCUT2D eigenvalue weighted by molar-refractivity contribution is 7.89. The number of likely N-dealkylation sites (tertiary alicyclic amines) is 1. The summed E-state index contributed by atoms with van der Waals surface area (Å²) in [4.78, 5) is 1.87. The van der Waals surface area contributed by atoms with E-state index in [0.29, 0.717) is 19.1 Å². The van der Waals surface area contributed by atoms with E-state index in [1.807, 2.05) is 0 Å². The molecule has 2 fully saturated rings. The molecule has 0 N–H and O–H groups in total. The molecule has 0 saturated carbocycles. The van der Waals surface area contributed by atoms with Crippen LogP contribution in [-0.2, 0) is 10.0 Å². The second kappa shape index (κ2) is 6.83. The first kappa shape index (κ1) is 16.8. The van der Waals surface area contributed by atoms with Gasteiger partial charge in [-0.25, -0.2) is 17.2 Å². The zero-order chi connectivity index (χ0) is 16.4. The van der Waals surface area contributed by atoms with E-state index in [1.54, 1.807) is 0 Å². The summed E-state index contributed by atoms with van der Waals surface area (Å²) >= 11 is 0. The van der Waals surface area contributed by atoms with Gasteiger partial charge in [-0.1, -0.05) is 6.07 Å². The van der Waals surface area contributed by atoms with Gasteiger partial charge in [-0.05, 0) is 57.3 Å². The highest BCUT2D eigenvalue weighted by Crippen LogP contribution is 2.26. The molecule has 0 aliphatic carbocycles. The van der Waals surface area contributed by atoms with Crippen molar-refractivity contribution in [3.63, 3.8) is 0 Å². The Bertz CT molecular complexity index is 660. The fourth-order valence-corrected chi connectivity index (χ4v) is 5.15. The third kappa shape index (κ3) is 3.41. The van der Waals surface area contributed by atoms with E-state index in [9.17, 15) is 17.2 Å². The third-order valence-electron chi connectivity index (χ3n) is 4.85. The highest BCUT2D eigenvalue weighted by atomic mass is 32.2. The minimum Gasteiger partial charge on any atom is -0.300 e. The van der Waals surface area contributed by atoms with Crippen molar-refractivity contribution in [2.45, 2.75) is 43.0 Å². The molecule has 0 aromatic heterocycles. The summed E-state index contributed by atoms with van der Waals surface area (Å²) in [7, 11) is -3.99. The lowest BCUT2D eigenvalue weighted by Gasteiger charge is -2.26. The van der Waals surface area contributed by atoms with Crippen molar-refractivity contribution in [3.8, 4) is 0 Å². The Hall–Kier alpha value is -1.05. The fourth-order valence-electron chi connectivity index (χ4n) is 3.59. The largest absolute Gasteiger partial charge is 0.300 e. The number of halogens is 2. The van der Waals surface area contributed by atoms with Gasteiger partial charge in [0, 0.05) is 19.1 Å². The lowest BCUT2D eigenvalue weighted by molar-refractivity contribution is 0.222. The molecule has 2 aliphatic rings. The molecular weight excluding hydrogens is 322 g/mol. The second-order valence-corrected chi connectivity index (χ2v) is 8.19. The van der Waals surface area contributed by atoms with Crippen LogP contribution < -0.4 is 0 Å². The molecule has 4 nitrogen and oxygen atoms in total. The van der Waals surface area contributed by atoms with Crippen LogP contribution in [-0.4, -0.2) is 49.8 Å². The second-order valence-electron chi connectivity index (χ2n) is 6.28. The molecule has 0 spiro atoms. The van der Waals surface area contributed by atoms with Crippen molar-refractivity contribution in [3.05, 3.63) is 29.8 Å².